The molecule has 0 fully saturated rings. The Balaban J connectivity index is 2.82. The summed E-state index contributed by atoms with van der Waals surface area (Å²) in [5.41, 5.74) is 1.68. The summed E-state index contributed by atoms with van der Waals surface area (Å²) in [4.78, 5) is 4.17. The Bertz CT molecular complexity index is 394. The van der Waals surface area contributed by atoms with Crippen LogP contribution in [0.2, 0.25) is 0 Å². The summed E-state index contributed by atoms with van der Waals surface area (Å²) in [7, 11) is 0. The van der Waals surface area contributed by atoms with Crippen LogP contribution in [0.3, 0.4) is 0 Å². The normalized spacial score (nSPS) is 10.7. The van der Waals surface area contributed by atoms with Crippen molar-refractivity contribution < 1.29 is 4.39 Å². The van der Waals surface area contributed by atoms with Gasteiger partial charge in [0.2, 0.25) is 0 Å². The lowest BCUT2D eigenvalue weighted by molar-refractivity contribution is 0.658. The second kappa shape index (κ2) is 2.27. The van der Waals surface area contributed by atoms with E-state index in [0.717, 1.165) is 27.2 Å². The SMILES string of the molecule is Cc1ccc2sc(F)cc2n1. The number of fused-ring (bicyclic) bond motifs is 1. The Morgan fingerprint density at radius 2 is 2.27 bits per heavy atom. The molecule has 0 aliphatic rings. The van der Waals surface area contributed by atoms with Gasteiger partial charge in [0.05, 0.1) is 10.2 Å². The molecule has 2 rings (SSSR count). The predicted molar refractivity (Wildman–Crippen MR) is 44.3 cm³/mol. The number of hydrogen-bond donors (Lipinski definition) is 0. The van der Waals surface area contributed by atoms with Crippen molar-refractivity contribution in [2.75, 3.05) is 0 Å². The minimum Gasteiger partial charge on any atom is -0.252 e. The van der Waals surface area contributed by atoms with Gasteiger partial charge in [0, 0.05) is 11.8 Å². The van der Waals surface area contributed by atoms with Crippen LogP contribution in [0.1, 0.15) is 5.69 Å². The van der Waals surface area contributed by atoms with Gasteiger partial charge in [-0.1, -0.05) is 0 Å². The van der Waals surface area contributed by atoms with Crippen molar-refractivity contribution >= 4 is 21.6 Å². The van der Waals surface area contributed by atoms with Crippen LogP contribution in [0.4, 0.5) is 4.39 Å². The van der Waals surface area contributed by atoms with E-state index in [-0.39, 0.29) is 5.13 Å². The standard InChI is InChI=1S/C8H6FNS/c1-5-2-3-7-6(10-5)4-8(9)11-7/h2-4H,1H3. The first kappa shape index (κ1) is 6.73. The topological polar surface area (TPSA) is 12.9 Å². The predicted octanol–water partition coefficient (Wildman–Crippen LogP) is 2.74. The second-order valence-corrected chi connectivity index (χ2v) is 3.42. The Morgan fingerprint density at radius 3 is 3.09 bits per heavy atom. The number of halogens is 1. The zero-order valence-electron chi connectivity index (χ0n) is 5.97. The van der Waals surface area contributed by atoms with E-state index in [9.17, 15) is 4.39 Å². The Kier molecular flexibility index (Phi) is 1.39. The van der Waals surface area contributed by atoms with Crippen LogP contribution in [0.25, 0.3) is 10.2 Å². The molecule has 0 aliphatic carbocycles. The molecule has 11 heavy (non-hydrogen) atoms. The molecule has 0 amide bonds. The van der Waals surface area contributed by atoms with Crippen molar-refractivity contribution in [1.29, 1.82) is 0 Å². The molecule has 3 heteroatoms. The lowest BCUT2D eigenvalue weighted by Gasteiger charge is -1.89. The highest BCUT2D eigenvalue weighted by atomic mass is 32.1. The van der Waals surface area contributed by atoms with Gasteiger partial charge < -0.3 is 0 Å². The lowest BCUT2D eigenvalue weighted by atomic mass is 10.3. The smallest absolute Gasteiger partial charge is 0.179 e. The Labute approximate surface area is 67.5 Å². The van der Waals surface area contributed by atoms with Crippen molar-refractivity contribution in [1.82, 2.24) is 4.98 Å². The average Bonchev–Trinajstić information content (AvgIpc) is 2.27. The van der Waals surface area contributed by atoms with Crippen molar-refractivity contribution in [2.24, 2.45) is 0 Å². The molecule has 0 saturated carbocycles. The fraction of sp³-hybridized carbons (Fsp3) is 0.125. The van der Waals surface area contributed by atoms with Crippen LogP contribution >= 0.6 is 11.3 Å². The van der Waals surface area contributed by atoms with Gasteiger partial charge in [-0.15, -0.1) is 11.3 Å². The molecule has 0 bridgehead atoms. The van der Waals surface area contributed by atoms with Gasteiger partial charge in [-0.2, -0.15) is 4.39 Å². The molecule has 0 aromatic carbocycles. The fourth-order valence-corrected chi connectivity index (χ4v) is 1.72. The maximum absolute atomic E-state index is 12.6. The number of aromatic nitrogens is 1. The number of thiophene rings is 1. The summed E-state index contributed by atoms with van der Waals surface area (Å²) >= 11 is 1.13. The Morgan fingerprint density at radius 1 is 1.45 bits per heavy atom. The molecule has 1 nitrogen and oxygen atoms in total. The fourth-order valence-electron chi connectivity index (χ4n) is 0.996. The van der Waals surface area contributed by atoms with Crippen LogP contribution in [0.5, 0.6) is 0 Å². The van der Waals surface area contributed by atoms with Gasteiger partial charge in [0.15, 0.2) is 5.13 Å². The zero-order valence-corrected chi connectivity index (χ0v) is 6.78. The quantitative estimate of drug-likeness (QED) is 0.588. The van der Waals surface area contributed by atoms with E-state index in [1.165, 1.54) is 6.07 Å². The molecule has 0 atom stereocenters. The Hall–Kier alpha value is -0.960. The number of rotatable bonds is 0. The minimum atomic E-state index is -0.168. The van der Waals surface area contributed by atoms with E-state index in [0.29, 0.717) is 0 Å². The van der Waals surface area contributed by atoms with Crippen LogP contribution in [0.15, 0.2) is 18.2 Å². The molecule has 0 N–H and O–H groups in total. The molecule has 0 unspecified atom stereocenters. The van der Waals surface area contributed by atoms with Crippen molar-refractivity contribution in [2.45, 2.75) is 6.92 Å². The highest BCUT2D eigenvalue weighted by molar-refractivity contribution is 7.17. The van der Waals surface area contributed by atoms with Gasteiger partial charge in [0.1, 0.15) is 0 Å². The van der Waals surface area contributed by atoms with Gasteiger partial charge in [0.25, 0.3) is 0 Å². The van der Waals surface area contributed by atoms with E-state index in [1.807, 2.05) is 19.1 Å². The number of hydrogen-bond acceptors (Lipinski definition) is 2. The van der Waals surface area contributed by atoms with Gasteiger partial charge in [-0.3, -0.25) is 4.98 Å². The van der Waals surface area contributed by atoms with Crippen LogP contribution in [-0.4, -0.2) is 4.98 Å². The maximum atomic E-state index is 12.6. The molecular weight excluding hydrogens is 161 g/mol. The zero-order chi connectivity index (χ0) is 7.84. The van der Waals surface area contributed by atoms with Crippen molar-refractivity contribution in [3.05, 3.63) is 29.0 Å². The number of nitrogens with zero attached hydrogens (tertiary/aromatic N) is 1. The monoisotopic (exact) mass is 167 g/mol. The third-order valence-corrected chi connectivity index (χ3v) is 2.36. The van der Waals surface area contributed by atoms with Crippen molar-refractivity contribution in [3.8, 4) is 0 Å². The molecule has 0 spiro atoms. The molecule has 56 valence electrons. The number of aryl methyl sites for hydroxylation is 1. The van der Waals surface area contributed by atoms with E-state index in [2.05, 4.69) is 4.98 Å². The highest BCUT2D eigenvalue weighted by Crippen LogP contribution is 2.22. The largest absolute Gasteiger partial charge is 0.252 e. The summed E-state index contributed by atoms with van der Waals surface area (Å²) in [6, 6.07) is 5.25. The first-order valence-corrected chi connectivity index (χ1v) is 4.10. The minimum absolute atomic E-state index is 0.168. The van der Waals surface area contributed by atoms with Crippen LogP contribution in [0, 0.1) is 12.1 Å². The summed E-state index contributed by atoms with van der Waals surface area (Å²) in [5, 5.41) is -0.168. The second-order valence-electron chi connectivity index (χ2n) is 2.39. The van der Waals surface area contributed by atoms with Gasteiger partial charge in [-0.05, 0) is 19.1 Å². The van der Waals surface area contributed by atoms with Crippen LogP contribution in [-0.2, 0) is 0 Å². The summed E-state index contributed by atoms with van der Waals surface area (Å²) in [6.07, 6.45) is 0. The van der Waals surface area contributed by atoms with Crippen molar-refractivity contribution in [3.63, 3.8) is 0 Å². The van der Waals surface area contributed by atoms with E-state index < -0.39 is 0 Å². The molecule has 0 radical (unpaired) electrons. The first-order chi connectivity index (χ1) is 5.25. The first-order valence-electron chi connectivity index (χ1n) is 3.28. The third-order valence-electron chi connectivity index (χ3n) is 1.48. The molecule has 2 aromatic rings. The summed E-state index contributed by atoms with van der Waals surface area (Å²) in [5.74, 6) is 0. The molecular formula is C8H6FNS. The summed E-state index contributed by atoms with van der Waals surface area (Å²) in [6.45, 7) is 1.90. The lowest BCUT2D eigenvalue weighted by Crippen LogP contribution is -1.76. The molecule has 2 heterocycles. The van der Waals surface area contributed by atoms with E-state index in [4.69, 9.17) is 0 Å². The maximum Gasteiger partial charge on any atom is 0.179 e. The molecule has 2 aromatic heterocycles. The highest BCUT2D eigenvalue weighted by Gasteiger charge is 2.00. The molecule has 0 aliphatic heterocycles. The van der Waals surface area contributed by atoms with Gasteiger partial charge >= 0.3 is 0 Å². The van der Waals surface area contributed by atoms with E-state index >= 15 is 0 Å². The van der Waals surface area contributed by atoms with Gasteiger partial charge in [-0.25, -0.2) is 0 Å². The average molecular weight is 167 g/mol. The third kappa shape index (κ3) is 1.12. The summed E-state index contributed by atoms with van der Waals surface area (Å²) < 4.78 is 13.5. The molecule has 0 saturated heterocycles. The van der Waals surface area contributed by atoms with Crippen LogP contribution < -0.4 is 0 Å². The van der Waals surface area contributed by atoms with E-state index in [1.54, 1.807) is 0 Å². The number of pyridine rings is 1.